The second-order valence-corrected chi connectivity index (χ2v) is 5.02. The highest BCUT2D eigenvalue weighted by Gasteiger charge is 2.35. The van der Waals surface area contributed by atoms with E-state index in [1.807, 2.05) is 24.3 Å². The molecule has 3 nitrogen and oxygen atoms in total. The van der Waals surface area contributed by atoms with E-state index in [2.05, 4.69) is 15.0 Å². The molecule has 22 heavy (non-hydrogen) atoms. The molecular formula is C16H12F3N3. The molecule has 2 heterocycles. The van der Waals surface area contributed by atoms with Gasteiger partial charge in [0.2, 0.25) is 5.82 Å². The van der Waals surface area contributed by atoms with E-state index < -0.39 is 12.0 Å². The third-order valence-electron chi connectivity index (χ3n) is 3.51. The van der Waals surface area contributed by atoms with Crippen molar-refractivity contribution in [2.45, 2.75) is 20.0 Å². The first-order valence-electron chi connectivity index (χ1n) is 6.64. The summed E-state index contributed by atoms with van der Waals surface area (Å²) >= 11 is 0. The van der Waals surface area contributed by atoms with E-state index >= 15 is 0 Å². The number of para-hydroxylation sites is 1. The summed E-state index contributed by atoms with van der Waals surface area (Å²) in [6.07, 6.45) is -3.03. The summed E-state index contributed by atoms with van der Waals surface area (Å²) in [6, 6.07) is 9.21. The zero-order valence-corrected chi connectivity index (χ0v) is 11.9. The van der Waals surface area contributed by atoms with Crippen molar-refractivity contribution in [2.24, 2.45) is 0 Å². The Morgan fingerprint density at radius 2 is 1.73 bits per heavy atom. The molecule has 0 fully saturated rings. The van der Waals surface area contributed by atoms with E-state index in [0.717, 1.165) is 10.9 Å². The SMILES string of the molecule is Cc1nc(C(F)(F)F)nc(-c2cnc3ccccc3c2)c1C. The number of rotatable bonds is 1. The Hall–Kier alpha value is -2.50. The predicted octanol–water partition coefficient (Wildman–Crippen LogP) is 4.33. The van der Waals surface area contributed by atoms with Crippen LogP contribution in [-0.4, -0.2) is 15.0 Å². The molecule has 0 amide bonds. The fourth-order valence-corrected chi connectivity index (χ4v) is 2.24. The van der Waals surface area contributed by atoms with Crippen molar-refractivity contribution in [3.05, 3.63) is 53.6 Å². The number of aryl methyl sites for hydroxylation is 1. The number of nitrogens with zero attached hydrogens (tertiary/aromatic N) is 3. The molecule has 0 spiro atoms. The Morgan fingerprint density at radius 3 is 2.45 bits per heavy atom. The summed E-state index contributed by atoms with van der Waals surface area (Å²) in [7, 11) is 0. The van der Waals surface area contributed by atoms with Gasteiger partial charge in [0.15, 0.2) is 0 Å². The lowest BCUT2D eigenvalue weighted by Crippen LogP contribution is -2.13. The smallest absolute Gasteiger partial charge is 0.256 e. The van der Waals surface area contributed by atoms with Gasteiger partial charge in [0.25, 0.3) is 0 Å². The molecule has 0 unspecified atom stereocenters. The molecule has 0 saturated carbocycles. The number of alkyl halides is 3. The van der Waals surface area contributed by atoms with Crippen LogP contribution in [0.15, 0.2) is 36.5 Å². The maximum absolute atomic E-state index is 12.9. The lowest BCUT2D eigenvalue weighted by atomic mass is 10.1. The molecule has 3 rings (SSSR count). The Balaban J connectivity index is 2.23. The molecular weight excluding hydrogens is 291 g/mol. The van der Waals surface area contributed by atoms with E-state index in [9.17, 15) is 13.2 Å². The van der Waals surface area contributed by atoms with Gasteiger partial charge in [0.05, 0.1) is 11.2 Å². The molecule has 0 saturated heterocycles. The van der Waals surface area contributed by atoms with Gasteiger partial charge in [-0.3, -0.25) is 4.98 Å². The van der Waals surface area contributed by atoms with Crippen LogP contribution in [0.5, 0.6) is 0 Å². The summed E-state index contributed by atoms with van der Waals surface area (Å²) in [4.78, 5) is 11.5. The van der Waals surface area contributed by atoms with E-state index in [-0.39, 0.29) is 5.69 Å². The Morgan fingerprint density at radius 1 is 1.00 bits per heavy atom. The number of hydrogen-bond donors (Lipinski definition) is 0. The van der Waals surface area contributed by atoms with E-state index in [0.29, 0.717) is 16.8 Å². The van der Waals surface area contributed by atoms with E-state index in [1.54, 1.807) is 19.9 Å². The summed E-state index contributed by atoms with van der Waals surface area (Å²) in [5.41, 5.74) is 2.52. The van der Waals surface area contributed by atoms with Gasteiger partial charge < -0.3 is 0 Å². The average Bonchev–Trinajstić information content (AvgIpc) is 2.48. The largest absolute Gasteiger partial charge is 0.451 e. The van der Waals surface area contributed by atoms with Gasteiger partial charge in [-0.2, -0.15) is 13.2 Å². The molecule has 2 aromatic heterocycles. The van der Waals surface area contributed by atoms with Crippen LogP contribution in [0.1, 0.15) is 17.1 Å². The standard InChI is InChI=1S/C16H12F3N3/c1-9-10(2)21-15(16(17,18)19)22-14(9)12-7-11-5-3-4-6-13(11)20-8-12/h3-8H,1-2H3. The minimum atomic E-state index is -4.57. The molecule has 112 valence electrons. The molecule has 0 aliphatic rings. The molecule has 0 N–H and O–H groups in total. The van der Waals surface area contributed by atoms with Gasteiger partial charge >= 0.3 is 6.18 Å². The molecule has 0 aliphatic heterocycles. The number of hydrogen-bond acceptors (Lipinski definition) is 3. The van der Waals surface area contributed by atoms with Crippen molar-refractivity contribution in [3.8, 4) is 11.3 Å². The summed E-state index contributed by atoms with van der Waals surface area (Å²) in [5, 5.41) is 0.851. The maximum atomic E-state index is 12.9. The number of halogens is 3. The number of fused-ring (bicyclic) bond motifs is 1. The van der Waals surface area contributed by atoms with Crippen molar-refractivity contribution in [1.82, 2.24) is 15.0 Å². The Labute approximate surface area is 124 Å². The third-order valence-corrected chi connectivity index (χ3v) is 3.51. The van der Waals surface area contributed by atoms with Gasteiger partial charge in [-0.1, -0.05) is 18.2 Å². The van der Waals surface area contributed by atoms with Gasteiger partial charge in [-0.15, -0.1) is 0 Å². The van der Waals surface area contributed by atoms with Crippen LogP contribution in [0, 0.1) is 13.8 Å². The van der Waals surface area contributed by atoms with Crippen LogP contribution in [-0.2, 0) is 6.18 Å². The quantitative estimate of drug-likeness (QED) is 0.671. The first-order chi connectivity index (χ1) is 10.4. The minimum Gasteiger partial charge on any atom is -0.256 e. The van der Waals surface area contributed by atoms with Gasteiger partial charge in [-0.05, 0) is 31.5 Å². The highest BCUT2D eigenvalue weighted by atomic mass is 19.4. The van der Waals surface area contributed by atoms with Gasteiger partial charge in [0, 0.05) is 22.8 Å². The van der Waals surface area contributed by atoms with Crippen molar-refractivity contribution < 1.29 is 13.2 Å². The van der Waals surface area contributed by atoms with E-state index in [4.69, 9.17) is 0 Å². The minimum absolute atomic E-state index is 0.262. The molecule has 3 aromatic rings. The Kier molecular flexibility index (Phi) is 3.31. The van der Waals surface area contributed by atoms with Gasteiger partial charge in [-0.25, -0.2) is 9.97 Å². The second-order valence-electron chi connectivity index (χ2n) is 5.02. The first kappa shape index (κ1) is 14.4. The van der Waals surface area contributed by atoms with Crippen LogP contribution >= 0.6 is 0 Å². The number of pyridine rings is 1. The highest BCUT2D eigenvalue weighted by molar-refractivity contribution is 5.83. The summed E-state index contributed by atoms with van der Waals surface area (Å²) < 4.78 is 38.7. The van der Waals surface area contributed by atoms with Crippen molar-refractivity contribution in [2.75, 3.05) is 0 Å². The zero-order valence-electron chi connectivity index (χ0n) is 11.9. The second kappa shape index (κ2) is 5.05. The van der Waals surface area contributed by atoms with Crippen LogP contribution < -0.4 is 0 Å². The van der Waals surface area contributed by atoms with Crippen molar-refractivity contribution in [3.63, 3.8) is 0 Å². The average molecular weight is 303 g/mol. The van der Waals surface area contributed by atoms with Crippen molar-refractivity contribution >= 4 is 10.9 Å². The first-order valence-corrected chi connectivity index (χ1v) is 6.64. The van der Waals surface area contributed by atoms with Crippen molar-refractivity contribution in [1.29, 1.82) is 0 Å². The maximum Gasteiger partial charge on any atom is 0.451 e. The molecule has 0 bridgehead atoms. The fourth-order valence-electron chi connectivity index (χ4n) is 2.24. The fraction of sp³-hybridized carbons (Fsp3) is 0.188. The molecule has 0 atom stereocenters. The monoisotopic (exact) mass is 303 g/mol. The predicted molar refractivity (Wildman–Crippen MR) is 77.2 cm³/mol. The molecule has 0 aliphatic carbocycles. The summed E-state index contributed by atoms with van der Waals surface area (Å²) in [6.45, 7) is 3.25. The highest BCUT2D eigenvalue weighted by Crippen LogP contribution is 2.31. The topological polar surface area (TPSA) is 38.7 Å². The Bertz CT molecular complexity index is 857. The zero-order chi connectivity index (χ0) is 15.9. The van der Waals surface area contributed by atoms with Gasteiger partial charge in [0.1, 0.15) is 0 Å². The van der Waals surface area contributed by atoms with Crippen LogP contribution in [0.3, 0.4) is 0 Å². The van der Waals surface area contributed by atoms with Crippen LogP contribution in [0.25, 0.3) is 22.2 Å². The van der Waals surface area contributed by atoms with Crippen LogP contribution in [0.4, 0.5) is 13.2 Å². The van der Waals surface area contributed by atoms with E-state index in [1.165, 1.54) is 6.20 Å². The third kappa shape index (κ3) is 2.52. The molecule has 0 radical (unpaired) electrons. The number of benzene rings is 1. The molecule has 6 heteroatoms. The lowest BCUT2D eigenvalue weighted by Gasteiger charge is -2.12. The number of aromatic nitrogens is 3. The van der Waals surface area contributed by atoms with Crippen LogP contribution in [0.2, 0.25) is 0 Å². The summed E-state index contributed by atoms with van der Waals surface area (Å²) in [5.74, 6) is -1.13. The molecule has 1 aromatic carbocycles. The normalized spacial score (nSPS) is 11.9. The lowest BCUT2D eigenvalue weighted by molar-refractivity contribution is -0.145.